The molecule has 1 heterocycles. The molecule has 0 atom stereocenters. The number of carbonyl (C=O) groups is 1. The lowest BCUT2D eigenvalue weighted by atomic mass is 9.93. The molecule has 2 N–H and O–H groups in total. The molecule has 90 valence electrons. The molecule has 0 spiro atoms. The Morgan fingerprint density at radius 3 is 2.19 bits per heavy atom. The summed E-state index contributed by atoms with van der Waals surface area (Å²) in [5.74, 6) is 0.211. The van der Waals surface area contributed by atoms with E-state index < -0.39 is 0 Å². The minimum absolute atomic E-state index is 0.0206. The number of nitrogens with zero attached hydrogens (tertiary/aromatic N) is 1. The molecule has 0 saturated heterocycles. The Bertz CT molecular complexity index is 380. The molecule has 0 radical (unpaired) electrons. The van der Waals surface area contributed by atoms with Gasteiger partial charge in [0.1, 0.15) is 0 Å². The van der Waals surface area contributed by atoms with Gasteiger partial charge in [-0.25, -0.2) is 4.98 Å². The van der Waals surface area contributed by atoms with Crippen molar-refractivity contribution < 1.29 is 4.79 Å². The number of H-pyrrole nitrogens is 1. The van der Waals surface area contributed by atoms with Gasteiger partial charge in [-0.15, -0.1) is 0 Å². The maximum atomic E-state index is 11.8. The third kappa shape index (κ3) is 3.36. The van der Waals surface area contributed by atoms with Crippen LogP contribution < -0.4 is 5.32 Å². The lowest BCUT2D eigenvalue weighted by molar-refractivity contribution is 0.0909. The standard InChI is InChI=1S/C12H21N3O/c1-11(2,3)8-7-13-9(14-8)10(16)15-12(4,5)6/h7H,1-6H3,(H,13,14)(H,15,16). The van der Waals surface area contributed by atoms with Crippen LogP contribution in [0, 0.1) is 0 Å². The highest BCUT2D eigenvalue weighted by atomic mass is 16.2. The van der Waals surface area contributed by atoms with Gasteiger partial charge in [0.25, 0.3) is 5.91 Å². The predicted octanol–water partition coefficient (Wildman–Crippen LogP) is 2.24. The molecular weight excluding hydrogens is 202 g/mol. The molecule has 1 aromatic rings. The largest absolute Gasteiger partial charge is 0.345 e. The number of nitrogens with one attached hydrogen (secondary N) is 2. The maximum Gasteiger partial charge on any atom is 0.287 e. The first-order chi connectivity index (χ1) is 7.09. The van der Waals surface area contributed by atoms with E-state index in [1.54, 1.807) is 6.20 Å². The molecule has 0 aromatic carbocycles. The van der Waals surface area contributed by atoms with E-state index in [-0.39, 0.29) is 16.9 Å². The Labute approximate surface area is 96.9 Å². The van der Waals surface area contributed by atoms with Crippen LogP contribution in [0.2, 0.25) is 0 Å². The van der Waals surface area contributed by atoms with Gasteiger partial charge in [-0.1, -0.05) is 20.8 Å². The fourth-order valence-corrected chi connectivity index (χ4v) is 1.22. The molecule has 1 rings (SSSR count). The van der Waals surface area contributed by atoms with Crippen molar-refractivity contribution >= 4 is 5.91 Å². The van der Waals surface area contributed by atoms with Crippen molar-refractivity contribution in [2.45, 2.75) is 52.5 Å². The zero-order valence-electron chi connectivity index (χ0n) is 10.9. The van der Waals surface area contributed by atoms with Gasteiger partial charge in [-0.3, -0.25) is 4.79 Å². The number of hydrogen-bond donors (Lipinski definition) is 2. The van der Waals surface area contributed by atoms with E-state index in [4.69, 9.17) is 0 Å². The van der Waals surface area contributed by atoms with Crippen LogP contribution in [0.25, 0.3) is 0 Å². The van der Waals surface area contributed by atoms with Crippen molar-refractivity contribution in [1.82, 2.24) is 15.3 Å². The molecule has 4 nitrogen and oxygen atoms in total. The summed E-state index contributed by atoms with van der Waals surface area (Å²) in [6.07, 6.45) is 1.72. The molecule has 1 aromatic heterocycles. The Morgan fingerprint density at radius 1 is 1.25 bits per heavy atom. The minimum Gasteiger partial charge on any atom is -0.345 e. The van der Waals surface area contributed by atoms with Crippen LogP contribution in [-0.4, -0.2) is 21.4 Å². The van der Waals surface area contributed by atoms with Gasteiger partial charge >= 0.3 is 0 Å². The van der Waals surface area contributed by atoms with Crippen LogP contribution in [0.5, 0.6) is 0 Å². The topological polar surface area (TPSA) is 57.8 Å². The van der Waals surface area contributed by atoms with E-state index in [0.29, 0.717) is 5.82 Å². The third-order valence-electron chi connectivity index (χ3n) is 2.09. The molecule has 0 unspecified atom stereocenters. The van der Waals surface area contributed by atoms with E-state index in [9.17, 15) is 4.79 Å². The average molecular weight is 223 g/mol. The van der Waals surface area contributed by atoms with E-state index in [2.05, 4.69) is 36.1 Å². The number of aromatic amines is 1. The van der Waals surface area contributed by atoms with Crippen LogP contribution in [0.15, 0.2) is 6.20 Å². The third-order valence-corrected chi connectivity index (χ3v) is 2.09. The summed E-state index contributed by atoms with van der Waals surface area (Å²) in [6, 6.07) is 0. The normalized spacial score (nSPS) is 12.6. The summed E-state index contributed by atoms with van der Waals surface area (Å²) in [5.41, 5.74) is 0.700. The van der Waals surface area contributed by atoms with Crippen LogP contribution in [-0.2, 0) is 5.41 Å². The Morgan fingerprint density at radius 2 is 1.81 bits per heavy atom. The minimum atomic E-state index is -0.244. The van der Waals surface area contributed by atoms with Crippen LogP contribution in [0.4, 0.5) is 0 Å². The van der Waals surface area contributed by atoms with E-state index in [0.717, 1.165) is 5.69 Å². The van der Waals surface area contributed by atoms with Gasteiger partial charge in [0.15, 0.2) is 5.82 Å². The first-order valence-electron chi connectivity index (χ1n) is 5.47. The first kappa shape index (κ1) is 12.7. The molecule has 0 saturated carbocycles. The van der Waals surface area contributed by atoms with E-state index >= 15 is 0 Å². The van der Waals surface area contributed by atoms with Gasteiger partial charge in [-0.05, 0) is 20.8 Å². The summed E-state index contributed by atoms with van der Waals surface area (Å²) in [4.78, 5) is 18.9. The summed E-state index contributed by atoms with van der Waals surface area (Å²) in [5, 5.41) is 2.87. The molecule has 0 aliphatic heterocycles. The van der Waals surface area contributed by atoms with Crippen LogP contribution >= 0.6 is 0 Å². The smallest absolute Gasteiger partial charge is 0.287 e. The van der Waals surface area contributed by atoms with Crippen LogP contribution in [0.1, 0.15) is 57.9 Å². The second kappa shape index (κ2) is 3.92. The molecule has 0 fully saturated rings. The lowest BCUT2D eigenvalue weighted by Crippen LogP contribution is -2.41. The molecular formula is C12H21N3O. The monoisotopic (exact) mass is 223 g/mol. The van der Waals surface area contributed by atoms with Crippen molar-refractivity contribution in [3.05, 3.63) is 17.7 Å². The van der Waals surface area contributed by atoms with Crippen molar-refractivity contribution in [3.8, 4) is 0 Å². The maximum absolute atomic E-state index is 11.8. The number of carbonyl (C=O) groups excluding carboxylic acids is 1. The molecule has 1 amide bonds. The SMILES string of the molecule is CC(C)(C)NC(=O)c1ncc(C(C)(C)C)[nH]1. The quantitative estimate of drug-likeness (QED) is 0.767. The van der Waals surface area contributed by atoms with Gasteiger partial charge in [0, 0.05) is 22.8 Å². The van der Waals surface area contributed by atoms with Gasteiger partial charge in [0.05, 0.1) is 0 Å². The zero-order valence-corrected chi connectivity index (χ0v) is 10.9. The Balaban J connectivity index is 2.83. The number of aromatic nitrogens is 2. The summed E-state index contributed by atoms with van der Waals surface area (Å²) >= 11 is 0. The second-order valence-electron chi connectivity index (χ2n) is 6.10. The number of hydrogen-bond acceptors (Lipinski definition) is 2. The second-order valence-corrected chi connectivity index (χ2v) is 6.10. The van der Waals surface area contributed by atoms with E-state index in [1.807, 2.05) is 20.8 Å². The van der Waals surface area contributed by atoms with Gasteiger partial charge in [-0.2, -0.15) is 0 Å². The molecule has 4 heteroatoms. The highest BCUT2D eigenvalue weighted by molar-refractivity contribution is 5.91. The highest BCUT2D eigenvalue weighted by Gasteiger charge is 2.21. The number of amides is 1. The van der Waals surface area contributed by atoms with Gasteiger partial charge < -0.3 is 10.3 Å². The summed E-state index contributed by atoms with van der Waals surface area (Å²) in [6.45, 7) is 12.1. The number of imidazole rings is 1. The fourth-order valence-electron chi connectivity index (χ4n) is 1.22. The molecule has 0 aliphatic carbocycles. The Kier molecular flexibility index (Phi) is 3.13. The molecule has 0 aliphatic rings. The summed E-state index contributed by atoms with van der Waals surface area (Å²) < 4.78 is 0. The average Bonchev–Trinajstić information content (AvgIpc) is 2.46. The Hall–Kier alpha value is -1.32. The first-order valence-corrected chi connectivity index (χ1v) is 5.47. The zero-order chi connectivity index (χ0) is 12.6. The van der Waals surface area contributed by atoms with E-state index in [1.165, 1.54) is 0 Å². The molecule has 0 bridgehead atoms. The number of rotatable bonds is 1. The predicted molar refractivity (Wildman–Crippen MR) is 64.5 cm³/mol. The van der Waals surface area contributed by atoms with Crippen molar-refractivity contribution in [2.75, 3.05) is 0 Å². The molecule has 16 heavy (non-hydrogen) atoms. The van der Waals surface area contributed by atoms with Crippen molar-refractivity contribution in [3.63, 3.8) is 0 Å². The van der Waals surface area contributed by atoms with Crippen molar-refractivity contribution in [2.24, 2.45) is 0 Å². The lowest BCUT2D eigenvalue weighted by Gasteiger charge is -2.19. The highest BCUT2D eigenvalue weighted by Crippen LogP contribution is 2.19. The van der Waals surface area contributed by atoms with Crippen molar-refractivity contribution in [1.29, 1.82) is 0 Å². The summed E-state index contributed by atoms with van der Waals surface area (Å²) in [7, 11) is 0. The van der Waals surface area contributed by atoms with Gasteiger partial charge in [0.2, 0.25) is 0 Å². The fraction of sp³-hybridized carbons (Fsp3) is 0.667. The van der Waals surface area contributed by atoms with Crippen LogP contribution in [0.3, 0.4) is 0 Å².